The molecule has 0 aromatic heterocycles. The number of hydrogen-bond acceptors (Lipinski definition) is 4. The van der Waals surface area contributed by atoms with Crippen molar-refractivity contribution >= 4 is 37.1 Å². The molecule has 0 N–H and O–H groups in total. The van der Waals surface area contributed by atoms with Crippen LogP contribution >= 0.6 is 25.3 Å². The molecule has 0 bridgehead atoms. The van der Waals surface area contributed by atoms with Crippen LogP contribution in [0.1, 0.15) is 12.8 Å². The number of hydrogen-bond donors (Lipinski definition) is 2. The van der Waals surface area contributed by atoms with Crippen molar-refractivity contribution < 1.29 is 9.59 Å². The number of rotatable bonds is 6. The summed E-state index contributed by atoms with van der Waals surface area (Å²) >= 11 is 8.19. The van der Waals surface area contributed by atoms with Crippen LogP contribution in [0.15, 0.2) is 0 Å². The molecule has 0 aromatic rings. The molecule has 0 unspecified atom stereocenters. The molecule has 1 heterocycles. The molecule has 0 aromatic carbocycles. The summed E-state index contributed by atoms with van der Waals surface area (Å²) in [5, 5.41) is 0. The van der Waals surface area contributed by atoms with E-state index in [2.05, 4.69) is 25.3 Å². The molecule has 92 valence electrons. The summed E-state index contributed by atoms with van der Waals surface area (Å²) in [6.45, 7) is 1.71. The van der Waals surface area contributed by atoms with Crippen LogP contribution in [0.2, 0.25) is 0 Å². The quantitative estimate of drug-likeness (QED) is 0.676. The molecule has 0 aliphatic carbocycles. The lowest BCUT2D eigenvalue weighted by Crippen LogP contribution is -2.54. The second-order valence-corrected chi connectivity index (χ2v) is 4.68. The fraction of sp³-hybridized carbons (Fsp3) is 0.800. The fourth-order valence-electron chi connectivity index (χ4n) is 1.63. The minimum absolute atomic E-state index is 0.0422. The molecule has 4 nitrogen and oxygen atoms in total. The summed E-state index contributed by atoms with van der Waals surface area (Å²) in [6.07, 6.45) is 1.66. The van der Waals surface area contributed by atoms with E-state index in [4.69, 9.17) is 0 Å². The predicted molar refractivity (Wildman–Crippen MR) is 70.1 cm³/mol. The highest BCUT2D eigenvalue weighted by Gasteiger charge is 2.28. The van der Waals surface area contributed by atoms with Gasteiger partial charge in [-0.05, 0) is 24.3 Å². The molecule has 2 amide bonds. The van der Waals surface area contributed by atoms with Gasteiger partial charge in [0.1, 0.15) is 0 Å². The Balaban J connectivity index is 2.43. The Morgan fingerprint density at radius 3 is 1.56 bits per heavy atom. The smallest absolute Gasteiger partial charge is 0.242 e. The van der Waals surface area contributed by atoms with E-state index >= 15 is 0 Å². The van der Waals surface area contributed by atoms with Crippen molar-refractivity contribution in [1.29, 1.82) is 0 Å². The van der Waals surface area contributed by atoms with E-state index in [0.717, 1.165) is 24.3 Å². The summed E-state index contributed by atoms with van der Waals surface area (Å²) in [5.74, 6) is 1.56. The summed E-state index contributed by atoms with van der Waals surface area (Å²) in [5.41, 5.74) is 0. The maximum absolute atomic E-state index is 11.7. The highest BCUT2D eigenvalue weighted by Crippen LogP contribution is 2.07. The Hall–Kier alpha value is -0.360. The second-order valence-electron chi connectivity index (χ2n) is 3.78. The van der Waals surface area contributed by atoms with Gasteiger partial charge in [0.15, 0.2) is 0 Å². The van der Waals surface area contributed by atoms with Gasteiger partial charge in [-0.25, -0.2) is 0 Å². The van der Waals surface area contributed by atoms with Gasteiger partial charge >= 0.3 is 0 Å². The van der Waals surface area contributed by atoms with Crippen LogP contribution in [-0.4, -0.2) is 59.3 Å². The van der Waals surface area contributed by atoms with Gasteiger partial charge in [0.2, 0.25) is 11.8 Å². The number of piperazine rings is 1. The molecule has 1 rings (SSSR count). The standard InChI is InChI=1S/C10H18N2O2S2/c13-9-8-12(4-2-6-16)10(14)7-11(9)3-1-5-15/h15-16H,1-8H2. The summed E-state index contributed by atoms with van der Waals surface area (Å²) < 4.78 is 0. The average Bonchev–Trinajstić information content (AvgIpc) is 2.28. The molecular formula is C10H18N2O2S2. The maximum atomic E-state index is 11.7. The molecule has 1 aliphatic rings. The Bertz CT molecular complexity index is 235. The topological polar surface area (TPSA) is 40.6 Å². The van der Waals surface area contributed by atoms with E-state index in [0.29, 0.717) is 13.1 Å². The van der Waals surface area contributed by atoms with E-state index in [-0.39, 0.29) is 24.9 Å². The summed E-state index contributed by atoms with van der Waals surface area (Å²) in [4.78, 5) is 26.7. The normalized spacial score (nSPS) is 17.1. The average molecular weight is 262 g/mol. The number of thiol groups is 2. The minimum atomic E-state index is 0.0422. The maximum Gasteiger partial charge on any atom is 0.242 e. The van der Waals surface area contributed by atoms with E-state index in [1.165, 1.54) is 0 Å². The predicted octanol–water partition coefficient (Wildman–Crippen LogP) is 0.297. The Kier molecular flexibility index (Phi) is 6.05. The zero-order valence-corrected chi connectivity index (χ0v) is 11.1. The minimum Gasteiger partial charge on any atom is -0.332 e. The van der Waals surface area contributed by atoms with E-state index in [1.807, 2.05) is 0 Å². The molecule has 0 radical (unpaired) electrons. The molecule has 6 heteroatoms. The van der Waals surface area contributed by atoms with Crippen molar-refractivity contribution in [3.63, 3.8) is 0 Å². The van der Waals surface area contributed by atoms with Crippen molar-refractivity contribution in [3.8, 4) is 0 Å². The monoisotopic (exact) mass is 262 g/mol. The van der Waals surface area contributed by atoms with Crippen molar-refractivity contribution in [3.05, 3.63) is 0 Å². The van der Waals surface area contributed by atoms with Gasteiger partial charge in [-0.2, -0.15) is 25.3 Å². The van der Waals surface area contributed by atoms with Crippen LogP contribution in [0.25, 0.3) is 0 Å². The SMILES string of the molecule is O=C1CN(CCCS)C(=O)CN1CCCS. The second kappa shape index (κ2) is 7.06. The van der Waals surface area contributed by atoms with Crippen molar-refractivity contribution in [2.75, 3.05) is 37.7 Å². The molecule has 1 fully saturated rings. The Labute approximate surface area is 107 Å². The fourth-order valence-corrected chi connectivity index (χ4v) is 1.92. The van der Waals surface area contributed by atoms with Gasteiger partial charge in [-0.1, -0.05) is 0 Å². The molecule has 0 saturated carbocycles. The van der Waals surface area contributed by atoms with Gasteiger partial charge in [-0.3, -0.25) is 9.59 Å². The van der Waals surface area contributed by atoms with Crippen LogP contribution in [-0.2, 0) is 9.59 Å². The summed E-state index contributed by atoms with van der Waals surface area (Å²) in [7, 11) is 0. The highest BCUT2D eigenvalue weighted by molar-refractivity contribution is 7.80. The van der Waals surface area contributed by atoms with Crippen LogP contribution in [0.4, 0.5) is 0 Å². The van der Waals surface area contributed by atoms with Gasteiger partial charge < -0.3 is 9.80 Å². The third-order valence-corrected chi connectivity index (χ3v) is 3.16. The molecule has 1 aliphatic heterocycles. The third-order valence-electron chi connectivity index (χ3n) is 2.53. The van der Waals surface area contributed by atoms with Gasteiger partial charge in [0.25, 0.3) is 0 Å². The van der Waals surface area contributed by atoms with E-state index < -0.39 is 0 Å². The van der Waals surface area contributed by atoms with Crippen LogP contribution in [0, 0.1) is 0 Å². The highest BCUT2D eigenvalue weighted by atomic mass is 32.1. The van der Waals surface area contributed by atoms with E-state index in [1.54, 1.807) is 9.80 Å². The molecule has 1 saturated heterocycles. The number of carbonyl (C=O) groups excluding carboxylic acids is 2. The first-order valence-corrected chi connectivity index (χ1v) is 6.72. The molecule has 16 heavy (non-hydrogen) atoms. The lowest BCUT2D eigenvalue weighted by Gasteiger charge is -2.33. The number of nitrogens with zero attached hydrogens (tertiary/aromatic N) is 2. The van der Waals surface area contributed by atoms with Crippen LogP contribution in [0.5, 0.6) is 0 Å². The molecular weight excluding hydrogens is 244 g/mol. The first kappa shape index (κ1) is 13.7. The number of carbonyl (C=O) groups is 2. The zero-order valence-electron chi connectivity index (χ0n) is 9.26. The Morgan fingerprint density at radius 2 is 1.25 bits per heavy atom. The van der Waals surface area contributed by atoms with Gasteiger partial charge in [0.05, 0.1) is 13.1 Å². The van der Waals surface area contributed by atoms with Crippen molar-refractivity contribution in [2.45, 2.75) is 12.8 Å². The number of amides is 2. The Morgan fingerprint density at radius 1 is 0.875 bits per heavy atom. The van der Waals surface area contributed by atoms with Crippen molar-refractivity contribution in [2.24, 2.45) is 0 Å². The first-order valence-electron chi connectivity index (χ1n) is 5.46. The molecule has 0 atom stereocenters. The zero-order chi connectivity index (χ0) is 12.0. The lowest BCUT2D eigenvalue weighted by molar-refractivity contribution is -0.150. The van der Waals surface area contributed by atoms with Crippen LogP contribution < -0.4 is 0 Å². The van der Waals surface area contributed by atoms with Crippen molar-refractivity contribution in [1.82, 2.24) is 9.80 Å². The molecule has 0 spiro atoms. The third kappa shape index (κ3) is 3.90. The summed E-state index contributed by atoms with van der Waals surface area (Å²) in [6, 6.07) is 0. The lowest BCUT2D eigenvalue weighted by atomic mass is 10.2. The van der Waals surface area contributed by atoms with E-state index in [9.17, 15) is 9.59 Å². The first-order chi connectivity index (χ1) is 7.69. The van der Waals surface area contributed by atoms with Crippen LogP contribution in [0.3, 0.4) is 0 Å². The van der Waals surface area contributed by atoms with Gasteiger partial charge in [-0.15, -0.1) is 0 Å². The largest absolute Gasteiger partial charge is 0.332 e. The van der Waals surface area contributed by atoms with Gasteiger partial charge in [0, 0.05) is 13.1 Å².